The molecule has 0 unspecified atom stereocenters. The number of rotatable bonds is 2. The van der Waals surface area contributed by atoms with Crippen LogP contribution in [0.15, 0.2) is 65.8 Å². The molecule has 0 N–H and O–H groups in total. The standard InChI is InChI=1S/C25H19FN6O/c1-14-20(6-7-22(26)29-14)32-23-18-11-15(17-10-16-8-9-30(2)24(16)28-12-17)4-5-19(18)27-13-21(23)31(3)25(32)33/h4-13H,1-3H3. The van der Waals surface area contributed by atoms with Gasteiger partial charge in [0.25, 0.3) is 0 Å². The Hall–Kier alpha value is -4.33. The molecule has 6 rings (SSSR count). The van der Waals surface area contributed by atoms with Crippen molar-refractivity contribution in [2.75, 3.05) is 0 Å². The van der Waals surface area contributed by atoms with Crippen LogP contribution >= 0.6 is 0 Å². The van der Waals surface area contributed by atoms with Crippen LogP contribution in [0.25, 0.3) is 49.8 Å². The van der Waals surface area contributed by atoms with Crippen LogP contribution in [0.5, 0.6) is 0 Å². The highest BCUT2D eigenvalue weighted by Crippen LogP contribution is 2.31. The van der Waals surface area contributed by atoms with E-state index in [-0.39, 0.29) is 5.69 Å². The van der Waals surface area contributed by atoms with Crippen LogP contribution in [0.2, 0.25) is 0 Å². The van der Waals surface area contributed by atoms with Gasteiger partial charge in [0.1, 0.15) is 5.65 Å². The van der Waals surface area contributed by atoms with E-state index in [1.54, 1.807) is 35.4 Å². The van der Waals surface area contributed by atoms with E-state index < -0.39 is 5.95 Å². The zero-order chi connectivity index (χ0) is 22.9. The second-order valence-corrected chi connectivity index (χ2v) is 8.20. The Kier molecular flexibility index (Phi) is 4.01. The Balaban J connectivity index is 1.67. The first-order chi connectivity index (χ1) is 15.9. The van der Waals surface area contributed by atoms with Crippen molar-refractivity contribution in [3.63, 3.8) is 0 Å². The Morgan fingerprint density at radius 2 is 1.79 bits per heavy atom. The zero-order valence-electron chi connectivity index (χ0n) is 18.2. The van der Waals surface area contributed by atoms with Crippen molar-refractivity contribution < 1.29 is 4.39 Å². The molecule has 162 valence electrons. The number of halogens is 1. The fraction of sp³-hybridized carbons (Fsp3) is 0.120. The smallest absolute Gasteiger partial charge is 0.333 e. The van der Waals surface area contributed by atoms with Gasteiger partial charge in [-0.1, -0.05) is 6.07 Å². The number of nitrogens with zero attached hydrogens (tertiary/aromatic N) is 6. The molecule has 0 saturated carbocycles. The van der Waals surface area contributed by atoms with Gasteiger partial charge in [0.05, 0.1) is 34.1 Å². The monoisotopic (exact) mass is 438 g/mol. The largest absolute Gasteiger partial charge is 0.336 e. The fourth-order valence-corrected chi connectivity index (χ4v) is 4.47. The number of pyridine rings is 3. The molecule has 5 aromatic heterocycles. The highest BCUT2D eigenvalue weighted by atomic mass is 19.1. The van der Waals surface area contributed by atoms with E-state index in [1.165, 1.54) is 6.07 Å². The number of hydrogen-bond donors (Lipinski definition) is 0. The minimum absolute atomic E-state index is 0.242. The lowest BCUT2D eigenvalue weighted by Gasteiger charge is -2.10. The number of hydrogen-bond acceptors (Lipinski definition) is 4. The van der Waals surface area contributed by atoms with Crippen molar-refractivity contribution in [1.82, 2.24) is 28.7 Å². The molecule has 0 radical (unpaired) electrons. The Morgan fingerprint density at radius 3 is 2.61 bits per heavy atom. The van der Waals surface area contributed by atoms with Crippen molar-refractivity contribution >= 4 is 33.0 Å². The van der Waals surface area contributed by atoms with Crippen LogP contribution in [0.4, 0.5) is 4.39 Å². The van der Waals surface area contributed by atoms with Gasteiger partial charge >= 0.3 is 5.69 Å². The summed E-state index contributed by atoms with van der Waals surface area (Å²) < 4.78 is 18.8. The molecule has 1 aromatic carbocycles. The third-order valence-electron chi connectivity index (χ3n) is 6.19. The third-order valence-corrected chi connectivity index (χ3v) is 6.19. The molecule has 0 aliphatic carbocycles. The molecule has 0 amide bonds. The maximum absolute atomic E-state index is 13.7. The molecule has 0 atom stereocenters. The zero-order valence-corrected chi connectivity index (χ0v) is 18.2. The van der Waals surface area contributed by atoms with Gasteiger partial charge < -0.3 is 4.57 Å². The van der Waals surface area contributed by atoms with Gasteiger partial charge in [-0.2, -0.15) is 4.39 Å². The van der Waals surface area contributed by atoms with Crippen LogP contribution in [0, 0.1) is 12.9 Å². The van der Waals surface area contributed by atoms with Crippen LogP contribution in [0.1, 0.15) is 5.69 Å². The Morgan fingerprint density at radius 1 is 0.939 bits per heavy atom. The van der Waals surface area contributed by atoms with Crippen LogP contribution in [0.3, 0.4) is 0 Å². The summed E-state index contributed by atoms with van der Waals surface area (Å²) >= 11 is 0. The number of fused-ring (bicyclic) bond motifs is 4. The van der Waals surface area contributed by atoms with E-state index in [1.807, 2.05) is 48.3 Å². The van der Waals surface area contributed by atoms with Gasteiger partial charge in [-0.15, -0.1) is 0 Å². The Labute approximate surface area is 187 Å². The topological polar surface area (TPSA) is 70.5 Å². The maximum Gasteiger partial charge on any atom is 0.333 e. The van der Waals surface area contributed by atoms with Crippen molar-refractivity contribution in [1.29, 1.82) is 0 Å². The lowest BCUT2D eigenvalue weighted by atomic mass is 10.0. The van der Waals surface area contributed by atoms with Crippen LogP contribution in [-0.2, 0) is 14.1 Å². The average molecular weight is 438 g/mol. The lowest BCUT2D eigenvalue weighted by Crippen LogP contribution is -2.21. The van der Waals surface area contributed by atoms with E-state index in [9.17, 15) is 9.18 Å². The molecule has 0 bridgehead atoms. The third kappa shape index (κ3) is 2.80. The first-order valence-electron chi connectivity index (χ1n) is 10.5. The highest BCUT2D eigenvalue weighted by Gasteiger charge is 2.18. The van der Waals surface area contributed by atoms with Gasteiger partial charge in [-0.3, -0.25) is 14.1 Å². The molecular weight excluding hydrogens is 419 g/mol. The molecule has 0 aliphatic heterocycles. The van der Waals surface area contributed by atoms with E-state index >= 15 is 0 Å². The second kappa shape index (κ2) is 6.83. The molecule has 7 nitrogen and oxygen atoms in total. The van der Waals surface area contributed by atoms with E-state index in [0.29, 0.717) is 22.4 Å². The molecule has 6 aromatic rings. The SMILES string of the molecule is Cc1nc(F)ccc1-n1c(=O)n(C)c2cnc3ccc(-c4cnc5c(ccn5C)c4)cc3c21. The molecule has 5 heterocycles. The quantitative estimate of drug-likeness (QED) is 0.379. The summed E-state index contributed by atoms with van der Waals surface area (Å²) in [5.74, 6) is -0.581. The summed E-state index contributed by atoms with van der Waals surface area (Å²) in [4.78, 5) is 26.3. The second-order valence-electron chi connectivity index (χ2n) is 8.20. The van der Waals surface area contributed by atoms with Crippen molar-refractivity contribution in [2.45, 2.75) is 6.92 Å². The van der Waals surface area contributed by atoms with Gasteiger partial charge in [0.15, 0.2) is 0 Å². The summed E-state index contributed by atoms with van der Waals surface area (Å²) in [6, 6.07) is 13.0. The molecule has 0 aliphatic rings. The normalized spacial score (nSPS) is 11.8. The molecule has 8 heteroatoms. The van der Waals surface area contributed by atoms with Gasteiger partial charge in [0.2, 0.25) is 5.95 Å². The first-order valence-corrected chi connectivity index (χ1v) is 10.5. The summed E-state index contributed by atoms with van der Waals surface area (Å²) in [5, 5.41) is 1.87. The van der Waals surface area contributed by atoms with Crippen molar-refractivity contribution in [2.24, 2.45) is 14.1 Å². The summed E-state index contributed by atoms with van der Waals surface area (Å²) in [6.45, 7) is 1.69. The van der Waals surface area contributed by atoms with Crippen molar-refractivity contribution in [3.8, 4) is 16.8 Å². The maximum atomic E-state index is 13.7. The Bertz CT molecular complexity index is 1790. The average Bonchev–Trinajstić information content (AvgIpc) is 3.31. The highest BCUT2D eigenvalue weighted by molar-refractivity contribution is 6.04. The molecule has 0 spiro atoms. The van der Waals surface area contributed by atoms with Crippen molar-refractivity contribution in [3.05, 3.63) is 83.2 Å². The van der Waals surface area contributed by atoms with Crippen LogP contribution in [-0.4, -0.2) is 28.7 Å². The summed E-state index contributed by atoms with van der Waals surface area (Å²) in [6.07, 6.45) is 5.53. The first kappa shape index (κ1) is 19.4. The minimum Gasteiger partial charge on any atom is -0.336 e. The predicted molar refractivity (Wildman–Crippen MR) is 126 cm³/mol. The summed E-state index contributed by atoms with van der Waals surface area (Å²) in [5.41, 5.74) is 5.73. The van der Waals surface area contributed by atoms with Gasteiger partial charge in [-0.05, 0) is 48.9 Å². The molecule has 0 saturated heterocycles. The number of aromatic nitrogens is 6. The fourth-order valence-electron chi connectivity index (χ4n) is 4.47. The van der Waals surface area contributed by atoms with Crippen LogP contribution < -0.4 is 5.69 Å². The number of aryl methyl sites for hydroxylation is 3. The predicted octanol–water partition coefficient (Wildman–Crippen LogP) is 4.27. The lowest BCUT2D eigenvalue weighted by molar-refractivity contribution is 0.579. The number of benzene rings is 1. The molecular formula is C25H19FN6O. The minimum atomic E-state index is -0.581. The molecule has 33 heavy (non-hydrogen) atoms. The van der Waals surface area contributed by atoms with E-state index in [0.717, 1.165) is 33.1 Å². The van der Waals surface area contributed by atoms with E-state index in [2.05, 4.69) is 21.0 Å². The molecule has 0 fully saturated rings. The van der Waals surface area contributed by atoms with Gasteiger partial charge in [0, 0.05) is 42.8 Å². The van der Waals surface area contributed by atoms with E-state index in [4.69, 9.17) is 0 Å². The number of imidazole rings is 1. The summed E-state index contributed by atoms with van der Waals surface area (Å²) in [7, 11) is 3.67. The van der Waals surface area contributed by atoms with Gasteiger partial charge in [-0.25, -0.2) is 14.8 Å².